The molecule has 3 aliphatic rings. The summed E-state index contributed by atoms with van der Waals surface area (Å²) in [7, 11) is 0. The monoisotopic (exact) mass is 397 g/mol. The Morgan fingerprint density at radius 2 is 1.83 bits per heavy atom. The first-order valence-corrected chi connectivity index (χ1v) is 10.6. The number of aliphatic hydroxyl groups is 1. The topological polar surface area (TPSA) is 41.9 Å². The van der Waals surface area contributed by atoms with E-state index in [0.717, 1.165) is 56.4 Å². The third-order valence-electron chi connectivity index (χ3n) is 6.93. The lowest BCUT2D eigenvalue weighted by atomic mass is 9.81. The summed E-state index contributed by atoms with van der Waals surface area (Å²) in [6.45, 7) is 4.14. The van der Waals surface area contributed by atoms with Crippen molar-refractivity contribution in [2.24, 2.45) is 0 Å². The number of halogens is 1. The lowest BCUT2D eigenvalue weighted by Crippen LogP contribution is -2.32. The zero-order chi connectivity index (χ0) is 19.9. The highest BCUT2D eigenvalue weighted by atomic mass is 19.1. The average Bonchev–Trinajstić information content (AvgIpc) is 3.43. The fourth-order valence-electron chi connectivity index (χ4n) is 5.55. The Labute approximate surface area is 171 Å². The Bertz CT molecular complexity index is 865. The highest BCUT2D eigenvalue weighted by molar-refractivity contribution is 5.42. The van der Waals surface area contributed by atoms with E-state index in [0.29, 0.717) is 13.2 Å². The summed E-state index contributed by atoms with van der Waals surface area (Å²) in [6.07, 6.45) is 3.28. The van der Waals surface area contributed by atoms with E-state index in [1.165, 1.54) is 17.7 Å². The highest BCUT2D eigenvalue weighted by Crippen LogP contribution is 2.50. The summed E-state index contributed by atoms with van der Waals surface area (Å²) < 4.78 is 25.3. The number of hydrogen-bond acceptors (Lipinski definition) is 4. The van der Waals surface area contributed by atoms with Crippen molar-refractivity contribution in [2.75, 3.05) is 32.8 Å². The zero-order valence-electron chi connectivity index (χ0n) is 16.6. The number of benzene rings is 2. The van der Waals surface area contributed by atoms with Crippen molar-refractivity contribution >= 4 is 0 Å². The molecule has 0 aromatic heterocycles. The van der Waals surface area contributed by atoms with Crippen LogP contribution in [0.2, 0.25) is 0 Å². The van der Waals surface area contributed by atoms with Gasteiger partial charge < -0.3 is 19.5 Å². The minimum atomic E-state index is -0.749. The number of hydrogen-bond donors (Lipinski definition) is 1. The number of likely N-dealkylation sites (tertiary alicyclic amines) is 1. The zero-order valence-corrected chi connectivity index (χ0v) is 16.6. The van der Waals surface area contributed by atoms with Crippen LogP contribution in [0.15, 0.2) is 48.5 Å². The molecule has 0 amide bonds. The van der Waals surface area contributed by atoms with E-state index in [-0.39, 0.29) is 17.3 Å². The fourth-order valence-corrected chi connectivity index (χ4v) is 5.55. The van der Waals surface area contributed by atoms with Gasteiger partial charge in [-0.3, -0.25) is 0 Å². The molecule has 1 N–H and O–H groups in total. The summed E-state index contributed by atoms with van der Waals surface area (Å²) in [5.74, 6) is -0.996. The van der Waals surface area contributed by atoms with Crippen molar-refractivity contribution in [1.29, 1.82) is 0 Å². The lowest BCUT2D eigenvalue weighted by Gasteiger charge is -2.29. The molecule has 2 aromatic rings. The molecule has 1 aliphatic carbocycles. The van der Waals surface area contributed by atoms with Crippen LogP contribution in [0.5, 0.6) is 0 Å². The van der Waals surface area contributed by atoms with Gasteiger partial charge in [0.25, 0.3) is 0 Å². The first-order valence-electron chi connectivity index (χ1n) is 10.6. The summed E-state index contributed by atoms with van der Waals surface area (Å²) in [6, 6.07) is 14.8. The van der Waals surface area contributed by atoms with Crippen molar-refractivity contribution in [1.82, 2.24) is 4.90 Å². The van der Waals surface area contributed by atoms with Gasteiger partial charge in [-0.2, -0.15) is 0 Å². The van der Waals surface area contributed by atoms with Crippen molar-refractivity contribution in [2.45, 2.75) is 43.0 Å². The van der Waals surface area contributed by atoms with Gasteiger partial charge in [-0.1, -0.05) is 36.4 Å². The molecular weight excluding hydrogens is 369 g/mol. The van der Waals surface area contributed by atoms with E-state index in [2.05, 4.69) is 23.1 Å². The minimum Gasteiger partial charge on any atom is -0.388 e. The van der Waals surface area contributed by atoms with Gasteiger partial charge in [-0.05, 0) is 55.6 Å². The number of aliphatic hydroxyl groups excluding tert-OH is 1. The smallest absolute Gasteiger partial charge is 0.195 e. The van der Waals surface area contributed by atoms with Gasteiger partial charge in [0, 0.05) is 23.9 Å². The van der Waals surface area contributed by atoms with Crippen LogP contribution in [0, 0.1) is 5.82 Å². The van der Waals surface area contributed by atoms with Crippen LogP contribution in [-0.4, -0.2) is 42.9 Å². The second kappa shape index (κ2) is 7.47. The Balaban J connectivity index is 1.23. The van der Waals surface area contributed by atoms with Gasteiger partial charge in [0.15, 0.2) is 5.79 Å². The van der Waals surface area contributed by atoms with E-state index in [9.17, 15) is 9.50 Å². The Morgan fingerprint density at radius 3 is 2.62 bits per heavy atom. The van der Waals surface area contributed by atoms with Crippen LogP contribution in [0.4, 0.5) is 4.39 Å². The average molecular weight is 397 g/mol. The van der Waals surface area contributed by atoms with Crippen LogP contribution >= 0.6 is 0 Å². The third-order valence-corrected chi connectivity index (χ3v) is 6.93. The van der Waals surface area contributed by atoms with Crippen LogP contribution in [0.25, 0.3) is 0 Å². The Hall–Kier alpha value is -1.79. The number of rotatable bonds is 5. The maximum absolute atomic E-state index is 13.3. The molecule has 0 radical (unpaired) electrons. The predicted molar refractivity (Wildman–Crippen MR) is 108 cm³/mol. The molecule has 2 unspecified atom stereocenters. The maximum Gasteiger partial charge on any atom is 0.195 e. The van der Waals surface area contributed by atoms with Crippen LogP contribution in [0.1, 0.15) is 48.5 Å². The molecule has 29 heavy (non-hydrogen) atoms. The Kier molecular flexibility index (Phi) is 4.95. The molecule has 2 atom stereocenters. The van der Waals surface area contributed by atoms with E-state index < -0.39 is 5.79 Å². The molecule has 154 valence electrons. The maximum atomic E-state index is 13.3. The molecule has 2 heterocycles. The molecule has 4 nitrogen and oxygen atoms in total. The van der Waals surface area contributed by atoms with Gasteiger partial charge in [0.2, 0.25) is 0 Å². The summed E-state index contributed by atoms with van der Waals surface area (Å²) in [4.78, 5) is 2.50. The summed E-state index contributed by atoms with van der Waals surface area (Å²) >= 11 is 0. The normalized spacial score (nSPS) is 28.3. The Morgan fingerprint density at radius 1 is 1.07 bits per heavy atom. The quantitative estimate of drug-likeness (QED) is 0.831. The first-order chi connectivity index (χ1) is 14.1. The predicted octanol–water partition coefficient (Wildman–Crippen LogP) is 3.89. The van der Waals surface area contributed by atoms with E-state index >= 15 is 0 Å². The molecule has 0 saturated carbocycles. The summed E-state index contributed by atoms with van der Waals surface area (Å²) in [5.41, 5.74) is 3.42. The van der Waals surface area contributed by atoms with Crippen molar-refractivity contribution in [3.05, 3.63) is 71.0 Å². The highest BCUT2D eigenvalue weighted by Gasteiger charge is 2.47. The largest absolute Gasteiger partial charge is 0.388 e. The molecule has 2 fully saturated rings. The summed E-state index contributed by atoms with van der Waals surface area (Å²) in [5, 5.41) is 10.5. The SMILES string of the molecule is OC1CC2(CCN(CCCC3(c4ccc(F)cc4)OCCO3)C2)c2ccccc21. The van der Waals surface area contributed by atoms with Crippen LogP contribution in [-0.2, 0) is 20.7 Å². The van der Waals surface area contributed by atoms with Crippen molar-refractivity contribution in [3.63, 3.8) is 0 Å². The van der Waals surface area contributed by atoms with Crippen LogP contribution in [0.3, 0.4) is 0 Å². The number of fused-ring (bicyclic) bond motifs is 2. The molecule has 5 heteroatoms. The van der Waals surface area contributed by atoms with Gasteiger partial charge in [-0.15, -0.1) is 0 Å². The first kappa shape index (κ1) is 19.2. The molecule has 0 bridgehead atoms. The van der Waals surface area contributed by atoms with Gasteiger partial charge in [-0.25, -0.2) is 4.39 Å². The second-order valence-corrected chi connectivity index (χ2v) is 8.67. The molecule has 2 aromatic carbocycles. The standard InChI is InChI=1S/C24H28FNO3/c25-19-8-6-18(7-9-19)24(28-14-15-29-24)10-3-12-26-13-11-23(17-26)16-22(27)20-4-1-2-5-21(20)23/h1-2,4-9,22,27H,3,10-17H2. The molecule has 5 rings (SSSR count). The van der Waals surface area contributed by atoms with Crippen molar-refractivity contribution < 1.29 is 19.0 Å². The van der Waals surface area contributed by atoms with Crippen LogP contribution < -0.4 is 0 Å². The van der Waals surface area contributed by atoms with Gasteiger partial charge in [0.1, 0.15) is 5.82 Å². The molecule has 1 spiro atoms. The van der Waals surface area contributed by atoms with Gasteiger partial charge in [0.05, 0.1) is 19.3 Å². The molecule has 2 aliphatic heterocycles. The fraction of sp³-hybridized carbons (Fsp3) is 0.500. The number of ether oxygens (including phenoxy) is 2. The van der Waals surface area contributed by atoms with E-state index in [4.69, 9.17) is 9.47 Å². The molecular formula is C24H28FNO3. The van der Waals surface area contributed by atoms with Crippen molar-refractivity contribution in [3.8, 4) is 0 Å². The third kappa shape index (κ3) is 3.40. The van der Waals surface area contributed by atoms with E-state index in [1.54, 1.807) is 12.1 Å². The lowest BCUT2D eigenvalue weighted by molar-refractivity contribution is -0.172. The second-order valence-electron chi connectivity index (χ2n) is 8.67. The van der Waals surface area contributed by atoms with E-state index in [1.807, 2.05) is 6.07 Å². The molecule has 2 saturated heterocycles. The van der Waals surface area contributed by atoms with Gasteiger partial charge >= 0.3 is 0 Å². The minimum absolute atomic E-state index is 0.0883. The number of nitrogens with zero attached hydrogens (tertiary/aromatic N) is 1.